The Morgan fingerprint density at radius 3 is 2.08 bits per heavy atom. The summed E-state index contributed by atoms with van der Waals surface area (Å²) in [5, 5.41) is 11.8. The number of benzene rings is 2. The van der Waals surface area contributed by atoms with Gasteiger partial charge in [-0.2, -0.15) is 5.26 Å². The van der Waals surface area contributed by atoms with Crippen molar-refractivity contribution in [3.05, 3.63) is 71.3 Å². The van der Waals surface area contributed by atoms with Gasteiger partial charge in [-0.25, -0.2) is 8.78 Å². The van der Waals surface area contributed by atoms with Crippen LogP contribution in [0.1, 0.15) is 30.9 Å². The van der Waals surface area contributed by atoms with E-state index < -0.39 is 17.3 Å². The average molecular weight is 328 g/mol. The molecule has 1 unspecified atom stereocenters. The van der Waals surface area contributed by atoms with Crippen molar-refractivity contribution in [3.63, 3.8) is 0 Å². The number of carbonyl (C=O) groups excluding carboxylic acids is 1. The standard InChI is InChI=1S/C19H18F2N2O/c1-19(2,12-22)23-18(24)17(14-5-9-16(21)10-6-14)11-13-3-7-15(20)8-4-13/h3-10,17H,11H2,1-2H3,(H,23,24). The largest absolute Gasteiger partial charge is 0.338 e. The molecule has 1 N–H and O–H groups in total. The molecule has 2 aromatic rings. The Hall–Kier alpha value is -2.74. The normalized spacial score (nSPS) is 12.3. The zero-order chi connectivity index (χ0) is 17.7. The fraction of sp³-hybridized carbons (Fsp3) is 0.263. The van der Waals surface area contributed by atoms with E-state index in [4.69, 9.17) is 5.26 Å². The Morgan fingerprint density at radius 1 is 1.08 bits per heavy atom. The number of nitrogens with one attached hydrogen (secondary N) is 1. The van der Waals surface area contributed by atoms with Crippen molar-refractivity contribution in [1.82, 2.24) is 5.32 Å². The Labute approximate surface area is 139 Å². The summed E-state index contributed by atoms with van der Waals surface area (Å²) in [6.07, 6.45) is 0.319. The summed E-state index contributed by atoms with van der Waals surface area (Å²) >= 11 is 0. The van der Waals surface area contributed by atoms with Crippen LogP contribution in [0.15, 0.2) is 48.5 Å². The van der Waals surface area contributed by atoms with Crippen LogP contribution >= 0.6 is 0 Å². The number of rotatable bonds is 5. The third kappa shape index (κ3) is 4.63. The molecule has 24 heavy (non-hydrogen) atoms. The van der Waals surface area contributed by atoms with Crippen LogP contribution in [0.2, 0.25) is 0 Å². The van der Waals surface area contributed by atoms with E-state index in [1.54, 1.807) is 38.1 Å². The number of nitrogens with zero attached hydrogens (tertiary/aromatic N) is 1. The zero-order valence-corrected chi connectivity index (χ0v) is 13.5. The molecule has 3 nitrogen and oxygen atoms in total. The molecular weight excluding hydrogens is 310 g/mol. The summed E-state index contributed by atoms with van der Waals surface area (Å²) in [5.74, 6) is -1.69. The predicted octanol–water partition coefficient (Wildman–Crippen LogP) is 3.71. The molecule has 2 rings (SSSR count). The van der Waals surface area contributed by atoms with Crippen LogP contribution in [0, 0.1) is 23.0 Å². The Kier molecular flexibility index (Phi) is 5.30. The van der Waals surface area contributed by atoms with E-state index in [1.165, 1.54) is 24.3 Å². The molecule has 1 amide bonds. The van der Waals surface area contributed by atoms with Gasteiger partial charge in [-0.1, -0.05) is 24.3 Å². The summed E-state index contributed by atoms with van der Waals surface area (Å²) < 4.78 is 26.2. The second kappa shape index (κ2) is 7.22. The molecule has 2 aromatic carbocycles. The molecule has 0 aromatic heterocycles. The Morgan fingerprint density at radius 2 is 1.58 bits per heavy atom. The first-order chi connectivity index (χ1) is 11.3. The van der Waals surface area contributed by atoms with Crippen LogP contribution in [0.3, 0.4) is 0 Å². The van der Waals surface area contributed by atoms with Crippen LogP contribution in [0.25, 0.3) is 0 Å². The molecular formula is C19H18F2N2O. The van der Waals surface area contributed by atoms with Gasteiger partial charge < -0.3 is 5.32 Å². The SMILES string of the molecule is CC(C)(C#N)NC(=O)C(Cc1ccc(F)cc1)c1ccc(F)cc1. The molecule has 0 heterocycles. The lowest BCUT2D eigenvalue weighted by atomic mass is 9.90. The molecule has 0 radical (unpaired) electrons. The molecule has 0 saturated heterocycles. The first-order valence-electron chi connectivity index (χ1n) is 7.54. The Balaban J connectivity index is 2.30. The van der Waals surface area contributed by atoms with Crippen molar-refractivity contribution in [3.8, 4) is 6.07 Å². The molecule has 0 spiro atoms. The lowest BCUT2D eigenvalue weighted by Gasteiger charge is -2.23. The van der Waals surface area contributed by atoms with Gasteiger partial charge in [0.15, 0.2) is 0 Å². The maximum Gasteiger partial charge on any atom is 0.229 e. The monoisotopic (exact) mass is 328 g/mol. The number of hydrogen-bond donors (Lipinski definition) is 1. The molecule has 1 atom stereocenters. The molecule has 0 aliphatic heterocycles. The van der Waals surface area contributed by atoms with Gasteiger partial charge in [0.1, 0.15) is 17.2 Å². The van der Waals surface area contributed by atoms with Gasteiger partial charge in [-0.05, 0) is 55.7 Å². The lowest BCUT2D eigenvalue weighted by molar-refractivity contribution is -0.123. The second-order valence-corrected chi connectivity index (χ2v) is 6.16. The third-order valence-electron chi connectivity index (χ3n) is 3.66. The first kappa shape index (κ1) is 17.6. The smallest absolute Gasteiger partial charge is 0.229 e. The van der Waals surface area contributed by atoms with E-state index in [9.17, 15) is 13.6 Å². The van der Waals surface area contributed by atoms with Gasteiger partial charge in [0.25, 0.3) is 0 Å². The van der Waals surface area contributed by atoms with Crippen LogP contribution < -0.4 is 5.32 Å². The summed E-state index contributed by atoms with van der Waals surface area (Å²) in [5.41, 5.74) is 0.389. The number of nitriles is 1. The van der Waals surface area contributed by atoms with Gasteiger partial charge in [0.2, 0.25) is 5.91 Å². The Bertz CT molecular complexity index is 746. The summed E-state index contributed by atoms with van der Waals surface area (Å²) in [4.78, 5) is 12.6. The molecule has 0 bridgehead atoms. The quantitative estimate of drug-likeness (QED) is 0.910. The highest BCUT2D eigenvalue weighted by atomic mass is 19.1. The zero-order valence-electron chi connectivity index (χ0n) is 13.5. The number of hydrogen-bond acceptors (Lipinski definition) is 2. The van der Waals surface area contributed by atoms with Gasteiger partial charge >= 0.3 is 0 Å². The predicted molar refractivity (Wildman–Crippen MR) is 87.1 cm³/mol. The van der Waals surface area contributed by atoms with E-state index in [1.807, 2.05) is 6.07 Å². The number of amides is 1. The van der Waals surface area contributed by atoms with E-state index in [0.717, 1.165) is 5.56 Å². The van der Waals surface area contributed by atoms with Gasteiger partial charge in [-0.3, -0.25) is 4.79 Å². The summed E-state index contributed by atoms with van der Waals surface area (Å²) in [7, 11) is 0. The van der Waals surface area contributed by atoms with Gasteiger partial charge in [0.05, 0.1) is 12.0 Å². The maximum atomic E-state index is 13.2. The first-order valence-corrected chi connectivity index (χ1v) is 7.54. The maximum absolute atomic E-state index is 13.2. The molecule has 0 fully saturated rings. The highest BCUT2D eigenvalue weighted by molar-refractivity contribution is 5.85. The third-order valence-corrected chi connectivity index (χ3v) is 3.66. The van der Waals surface area contributed by atoms with Crippen molar-refractivity contribution in [2.24, 2.45) is 0 Å². The van der Waals surface area contributed by atoms with E-state index in [2.05, 4.69) is 5.32 Å². The molecule has 124 valence electrons. The minimum absolute atomic E-state index is 0.319. The molecule has 0 saturated carbocycles. The van der Waals surface area contributed by atoms with Crippen LogP contribution in [0.5, 0.6) is 0 Å². The topological polar surface area (TPSA) is 52.9 Å². The minimum atomic E-state index is -1.02. The molecule has 0 aliphatic carbocycles. The van der Waals surface area contributed by atoms with Crippen LogP contribution in [0.4, 0.5) is 8.78 Å². The highest BCUT2D eigenvalue weighted by Crippen LogP contribution is 2.23. The second-order valence-electron chi connectivity index (χ2n) is 6.16. The van der Waals surface area contributed by atoms with E-state index in [0.29, 0.717) is 12.0 Å². The minimum Gasteiger partial charge on any atom is -0.338 e. The van der Waals surface area contributed by atoms with Crippen molar-refractivity contribution >= 4 is 5.91 Å². The summed E-state index contributed by atoms with van der Waals surface area (Å²) in [6.45, 7) is 3.20. The summed E-state index contributed by atoms with van der Waals surface area (Å²) in [6, 6.07) is 13.5. The average Bonchev–Trinajstić information content (AvgIpc) is 2.55. The molecule has 5 heteroatoms. The van der Waals surface area contributed by atoms with E-state index in [-0.39, 0.29) is 11.7 Å². The lowest BCUT2D eigenvalue weighted by Crippen LogP contribution is -2.44. The fourth-order valence-electron chi connectivity index (χ4n) is 2.34. The van der Waals surface area contributed by atoms with Crippen molar-refractivity contribution in [2.45, 2.75) is 31.7 Å². The van der Waals surface area contributed by atoms with Gasteiger partial charge in [-0.15, -0.1) is 0 Å². The highest BCUT2D eigenvalue weighted by Gasteiger charge is 2.27. The van der Waals surface area contributed by atoms with E-state index >= 15 is 0 Å². The fourth-order valence-corrected chi connectivity index (χ4v) is 2.34. The number of carbonyl (C=O) groups is 1. The van der Waals surface area contributed by atoms with Crippen LogP contribution in [-0.2, 0) is 11.2 Å². The number of halogens is 2. The van der Waals surface area contributed by atoms with Crippen molar-refractivity contribution in [2.75, 3.05) is 0 Å². The van der Waals surface area contributed by atoms with Crippen molar-refractivity contribution in [1.29, 1.82) is 5.26 Å². The van der Waals surface area contributed by atoms with Crippen molar-refractivity contribution < 1.29 is 13.6 Å². The van der Waals surface area contributed by atoms with Gasteiger partial charge in [0, 0.05) is 0 Å². The molecule has 0 aliphatic rings. The van der Waals surface area contributed by atoms with Crippen LogP contribution in [-0.4, -0.2) is 11.4 Å².